The van der Waals surface area contributed by atoms with Crippen molar-refractivity contribution in [3.8, 4) is 11.5 Å². The Kier molecular flexibility index (Phi) is 7.20. The first-order valence-corrected chi connectivity index (χ1v) is 7.93. The number of halogens is 1. The number of methoxy groups -OCH3 is 1. The average molecular weight is 342 g/mol. The van der Waals surface area contributed by atoms with Crippen molar-refractivity contribution in [1.82, 2.24) is 5.32 Å². The van der Waals surface area contributed by atoms with E-state index in [0.29, 0.717) is 6.61 Å². The first-order valence-electron chi connectivity index (χ1n) is 7.05. The molecule has 0 radical (unpaired) electrons. The highest BCUT2D eigenvalue weighted by Gasteiger charge is 2.10. The lowest BCUT2D eigenvalue weighted by Gasteiger charge is -2.21. The van der Waals surface area contributed by atoms with Crippen LogP contribution in [-0.2, 0) is 13.2 Å². The minimum Gasteiger partial charge on any atom is -0.493 e. The molecular weight excluding hydrogens is 318 g/mol. The van der Waals surface area contributed by atoms with E-state index in [-0.39, 0.29) is 17.9 Å². The highest BCUT2D eigenvalue weighted by molar-refractivity contribution is 7.09. The van der Waals surface area contributed by atoms with Crippen LogP contribution in [-0.4, -0.2) is 12.6 Å². The third-order valence-corrected chi connectivity index (χ3v) is 3.85. The van der Waals surface area contributed by atoms with Crippen molar-refractivity contribution in [3.05, 3.63) is 46.2 Å². The maximum Gasteiger partial charge on any atom is 0.161 e. The van der Waals surface area contributed by atoms with Gasteiger partial charge in [0.05, 0.1) is 7.11 Å². The Morgan fingerprint density at radius 3 is 2.50 bits per heavy atom. The lowest BCUT2D eigenvalue weighted by Crippen LogP contribution is -2.35. The largest absolute Gasteiger partial charge is 0.493 e. The summed E-state index contributed by atoms with van der Waals surface area (Å²) in [4.78, 5) is 1.20. The first kappa shape index (κ1) is 18.8. The maximum atomic E-state index is 5.84. The fourth-order valence-electron chi connectivity index (χ4n) is 1.85. The monoisotopic (exact) mass is 341 g/mol. The lowest BCUT2D eigenvalue weighted by atomic mass is 10.1. The zero-order valence-corrected chi connectivity index (χ0v) is 15.1. The second-order valence-electron chi connectivity index (χ2n) is 5.96. The number of thiophene rings is 1. The number of ether oxygens (including phenoxy) is 2. The predicted molar refractivity (Wildman–Crippen MR) is 95.5 cm³/mol. The molecule has 0 unspecified atom stereocenters. The third kappa shape index (κ3) is 5.87. The molecule has 0 spiro atoms. The number of hydrogen-bond acceptors (Lipinski definition) is 4. The van der Waals surface area contributed by atoms with Gasteiger partial charge in [-0.15, -0.1) is 23.7 Å². The van der Waals surface area contributed by atoms with Gasteiger partial charge in [0.2, 0.25) is 0 Å². The van der Waals surface area contributed by atoms with Gasteiger partial charge in [-0.25, -0.2) is 0 Å². The zero-order valence-electron chi connectivity index (χ0n) is 13.5. The van der Waals surface area contributed by atoms with Crippen LogP contribution in [0.2, 0.25) is 0 Å². The maximum absolute atomic E-state index is 5.84. The Morgan fingerprint density at radius 2 is 1.91 bits per heavy atom. The van der Waals surface area contributed by atoms with Gasteiger partial charge in [-0.3, -0.25) is 0 Å². The normalized spacial score (nSPS) is 10.9. The zero-order chi connectivity index (χ0) is 15.3. The van der Waals surface area contributed by atoms with E-state index < -0.39 is 0 Å². The molecule has 0 atom stereocenters. The summed E-state index contributed by atoms with van der Waals surface area (Å²) >= 11 is 1.69. The van der Waals surface area contributed by atoms with E-state index in [0.717, 1.165) is 18.0 Å². The average Bonchev–Trinajstić information content (AvgIpc) is 2.95. The summed E-state index contributed by atoms with van der Waals surface area (Å²) in [7, 11) is 1.67. The molecule has 0 aliphatic rings. The SMILES string of the molecule is COc1cc(CNC(C)(C)C)ccc1OCc1cccs1.Cl. The van der Waals surface area contributed by atoms with Gasteiger partial charge in [-0.05, 0) is 49.9 Å². The van der Waals surface area contributed by atoms with E-state index in [1.807, 2.05) is 18.2 Å². The second kappa shape index (κ2) is 8.42. The summed E-state index contributed by atoms with van der Waals surface area (Å²) in [6.45, 7) is 7.85. The van der Waals surface area contributed by atoms with Crippen molar-refractivity contribution in [2.75, 3.05) is 7.11 Å². The standard InChI is InChI=1S/C17H23NO2S.ClH/c1-17(2,3)18-11-13-7-8-15(16(10-13)19-4)20-12-14-6-5-9-21-14;/h5-10,18H,11-12H2,1-4H3;1H. The van der Waals surface area contributed by atoms with E-state index in [9.17, 15) is 0 Å². The van der Waals surface area contributed by atoms with E-state index in [1.165, 1.54) is 10.4 Å². The summed E-state index contributed by atoms with van der Waals surface area (Å²) in [5.74, 6) is 1.56. The van der Waals surface area contributed by atoms with E-state index in [2.05, 4.69) is 43.6 Å². The summed E-state index contributed by atoms with van der Waals surface area (Å²) in [5, 5.41) is 5.52. The molecule has 0 aliphatic carbocycles. The molecule has 0 amide bonds. The Labute approximate surface area is 143 Å². The Morgan fingerprint density at radius 1 is 1.14 bits per heavy atom. The summed E-state index contributed by atoms with van der Waals surface area (Å²) < 4.78 is 11.3. The molecule has 3 nitrogen and oxygen atoms in total. The summed E-state index contributed by atoms with van der Waals surface area (Å²) in [6, 6.07) is 10.2. The predicted octanol–water partition coefficient (Wildman–Crippen LogP) is 4.65. The van der Waals surface area contributed by atoms with Crippen molar-refractivity contribution in [1.29, 1.82) is 0 Å². The van der Waals surface area contributed by atoms with Crippen LogP contribution in [0.25, 0.3) is 0 Å². The molecule has 0 saturated carbocycles. The highest BCUT2D eigenvalue weighted by Crippen LogP contribution is 2.29. The highest BCUT2D eigenvalue weighted by atomic mass is 35.5. The number of benzene rings is 1. The molecule has 1 aromatic heterocycles. The fraction of sp³-hybridized carbons (Fsp3) is 0.412. The second-order valence-corrected chi connectivity index (χ2v) is 6.99. The van der Waals surface area contributed by atoms with Crippen molar-refractivity contribution >= 4 is 23.7 Å². The molecule has 0 saturated heterocycles. The van der Waals surface area contributed by atoms with Gasteiger partial charge in [0.1, 0.15) is 6.61 Å². The van der Waals surface area contributed by atoms with Crippen LogP contribution in [0.15, 0.2) is 35.7 Å². The molecule has 1 heterocycles. The topological polar surface area (TPSA) is 30.5 Å². The molecule has 122 valence electrons. The van der Waals surface area contributed by atoms with Crippen LogP contribution in [0.4, 0.5) is 0 Å². The van der Waals surface area contributed by atoms with Crippen molar-refractivity contribution in [2.24, 2.45) is 0 Å². The number of rotatable bonds is 6. The molecule has 1 N–H and O–H groups in total. The molecule has 1 aromatic carbocycles. The van der Waals surface area contributed by atoms with Gasteiger partial charge < -0.3 is 14.8 Å². The number of nitrogens with one attached hydrogen (secondary N) is 1. The van der Waals surface area contributed by atoms with Crippen LogP contribution >= 0.6 is 23.7 Å². The van der Waals surface area contributed by atoms with Crippen LogP contribution in [0.1, 0.15) is 31.2 Å². The van der Waals surface area contributed by atoms with Gasteiger partial charge in [0, 0.05) is 17.0 Å². The van der Waals surface area contributed by atoms with Gasteiger partial charge in [-0.1, -0.05) is 12.1 Å². The molecule has 0 fully saturated rings. The van der Waals surface area contributed by atoms with Gasteiger partial charge in [-0.2, -0.15) is 0 Å². The van der Waals surface area contributed by atoms with Gasteiger partial charge in [0.15, 0.2) is 11.5 Å². The smallest absolute Gasteiger partial charge is 0.161 e. The van der Waals surface area contributed by atoms with Crippen molar-refractivity contribution in [3.63, 3.8) is 0 Å². The van der Waals surface area contributed by atoms with E-state index in [4.69, 9.17) is 9.47 Å². The van der Waals surface area contributed by atoms with Gasteiger partial charge >= 0.3 is 0 Å². The lowest BCUT2D eigenvalue weighted by molar-refractivity contribution is 0.287. The molecule has 22 heavy (non-hydrogen) atoms. The summed E-state index contributed by atoms with van der Waals surface area (Å²) in [6.07, 6.45) is 0. The molecule has 2 rings (SSSR count). The van der Waals surface area contributed by atoms with E-state index in [1.54, 1.807) is 18.4 Å². The quantitative estimate of drug-likeness (QED) is 0.829. The minimum atomic E-state index is 0. The molecular formula is C17H24ClNO2S. The third-order valence-electron chi connectivity index (χ3n) is 3.00. The number of hydrogen-bond donors (Lipinski definition) is 1. The van der Waals surface area contributed by atoms with Crippen LogP contribution in [0.3, 0.4) is 0 Å². The Bertz CT molecular complexity index is 565. The van der Waals surface area contributed by atoms with Crippen LogP contribution in [0.5, 0.6) is 11.5 Å². The Balaban J connectivity index is 0.00000242. The molecule has 5 heteroatoms. The van der Waals surface area contributed by atoms with Gasteiger partial charge in [0.25, 0.3) is 0 Å². The first-order chi connectivity index (χ1) is 9.98. The van der Waals surface area contributed by atoms with Crippen molar-refractivity contribution < 1.29 is 9.47 Å². The minimum absolute atomic E-state index is 0. The molecule has 0 aliphatic heterocycles. The van der Waals surface area contributed by atoms with Crippen molar-refractivity contribution in [2.45, 2.75) is 39.5 Å². The molecule has 2 aromatic rings. The van der Waals surface area contributed by atoms with Crippen LogP contribution in [0, 0.1) is 0 Å². The molecule has 0 bridgehead atoms. The van der Waals surface area contributed by atoms with E-state index >= 15 is 0 Å². The Hall–Kier alpha value is -1.23. The van der Waals surface area contributed by atoms with Crippen LogP contribution < -0.4 is 14.8 Å². The fourth-order valence-corrected chi connectivity index (χ4v) is 2.47. The summed E-state index contributed by atoms with van der Waals surface area (Å²) in [5.41, 5.74) is 1.28.